The van der Waals surface area contributed by atoms with Crippen molar-refractivity contribution in [2.75, 3.05) is 6.61 Å². The zero-order valence-corrected chi connectivity index (χ0v) is 5.58. The van der Waals surface area contributed by atoms with E-state index in [1.807, 2.05) is 0 Å². The van der Waals surface area contributed by atoms with Crippen molar-refractivity contribution in [3.05, 3.63) is 12.2 Å². The van der Waals surface area contributed by atoms with E-state index in [4.69, 9.17) is 10.2 Å². The van der Waals surface area contributed by atoms with Crippen molar-refractivity contribution in [1.82, 2.24) is 0 Å². The van der Waals surface area contributed by atoms with Gasteiger partial charge in [0, 0.05) is 0 Å². The van der Waals surface area contributed by atoms with Crippen LogP contribution in [-0.2, 0) is 4.74 Å². The first-order valence-corrected chi connectivity index (χ1v) is 3.08. The van der Waals surface area contributed by atoms with Crippen LogP contribution in [0.4, 0.5) is 8.78 Å². The van der Waals surface area contributed by atoms with E-state index in [9.17, 15) is 8.78 Å². The van der Waals surface area contributed by atoms with E-state index in [2.05, 4.69) is 4.74 Å². The number of ether oxygens (including phenoxy) is 1. The lowest BCUT2D eigenvalue weighted by Crippen LogP contribution is -2.42. The van der Waals surface area contributed by atoms with Crippen molar-refractivity contribution in [3.63, 3.8) is 0 Å². The van der Waals surface area contributed by atoms with Crippen molar-refractivity contribution in [3.8, 4) is 0 Å². The molecule has 64 valence electrons. The van der Waals surface area contributed by atoms with Crippen LogP contribution in [0.1, 0.15) is 0 Å². The number of aliphatic hydroxyl groups is 2. The highest BCUT2D eigenvalue weighted by molar-refractivity contribution is 5.04. The molecule has 0 bridgehead atoms. The molecule has 0 fully saturated rings. The topological polar surface area (TPSA) is 49.7 Å². The first kappa shape index (κ1) is 8.58. The Kier molecular flexibility index (Phi) is 2.22. The van der Waals surface area contributed by atoms with Crippen molar-refractivity contribution in [1.29, 1.82) is 0 Å². The van der Waals surface area contributed by atoms with E-state index in [1.165, 1.54) is 0 Å². The summed E-state index contributed by atoms with van der Waals surface area (Å²) in [5.41, 5.74) is 0. The Labute approximate surface area is 61.9 Å². The summed E-state index contributed by atoms with van der Waals surface area (Å²) in [5.74, 6) is -3.19. The minimum atomic E-state index is -3.19. The maximum absolute atomic E-state index is 12.6. The van der Waals surface area contributed by atoms with Crippen LogP contribution in [-0.4, -0.2) is 35.1 Å². The fourth-order valence-corrected chi connectivity index (χ4v) is 0.787. The van der Waals surface area contributed by atoms with E-state index in [0.717, 1.165) is 6.08 Å². The van der Waals surface area contributed by atoms with Gasteiger partial charge in [0.05, 0.1) is 6.61 Å². The number of hydrogen-bond acceptors (Lipinski definition) is 3. The Morgan fingerprint density at radius 3 is 2.64 bits per heavy atom. The minimum Gasteiger partial charge on any atom is -0.393 e. The van der Waals surface area contributed by atoms with Gasteiger partial charge in [0.25, 0.3) is 5.92 Å². The molecule has 3 nitrogen and oxygen atoms in total. The Morgan fingerprint density at radius 1 is 1.55 bits per heavy atom. The maximum atomic E-state index is 12.6. The normalized spacial score (nSPS) is 35.6. The van der Waals surface area contributed by atoms with Gasteiger partial charge in [0.1, 0.15) is 0 Å². The second kappa shape index (κ2) is 2.84. The summed E-state index contributed by atoms with van der Waals surface area (Å²) >= 11 is 0. The Morgan fingerprint density at radius 2 is 2.18 bits per heavy atom. The molecule has 2 atom stereocenters. The number of hydrogen-bond donors (Lipinski definition) is 2. The van der Waals surface area contributed by atoms with Crippen molar-refractivity contribution < 1.29 is 23.7 Å². The first-order chi connectivity index (χ1) is 5.06. The highest BCUT2D eigenvalue weighted by atomic mass is 19.3. The Bertz CT molecular complexity index is 169. The fourth-order valence-electron chi connectivity index (χ4n) is 0.787. The van der Waals surface area contributed by atoms with Crippen LogP contribution in [0.3, 0.4) is 0 Å². The monoisotopic (exact) mass is 166 g/mol. The van der Waals surface area contributed by atoms with Crippen LogP contribution in [0.15, 0.2) is 12.2 Å². The molecule has 0 amide bonds. The second-order valence-electron chi connectivity index (χ2n) is 2.23. The van der Waals surface area contributed by atoms with Crippen LogP contribution >= 0.6 is 0 Å². The average Bonchev–Trinajstić information content (AvgIpc) is 1.94. The van der Waals surface area contributed by atoms with Crippen LogP contribution in [0.5, 0.6) is 0 Å². The lowest BCUT2D eigenvalue weighted by molar-refractivity contribution is -0.200. The van der Waals surface area contributed by atoms with E-state index in [0.29, 0.717) is 6.08 Å². The summed E-state index contributed by atoms with van der Waals surface area (Å²) in [4.78, 5) is 0. The molecule has 0 saturated heterocycles. The lowest BCUT2D eigenvalue weighted by atomic mass is 10.1. The van der Waals surface area contributed by atoms with Crippen LogP contribution < -0.4 is 0 Å². The van der Waals surface area contributed by atoms with E-state index >= 15 is 0 Å². The van der Waals surface area contributed by atoms with Gasteiger partial charge in [-0.05, 0) is 12.2 Å². The predicted molar refractivity (Wildman–Crippen MR) is 32.1 cm³/mol. The highest BCUT2D eigenvalue weighted by Gasteiger charge is 2.41. The van der Waals surface area contributed by atoms with Crippen LogP contribution in [0.25, 0.3) is 0 Å². The average molecular weight is 166 g/mol. The number of alkyl halides is 2. The molecule has 2 unspecified atom stereocenters. The Balaban J connectivity index is 2.72. The van der Waals surface area contributed by atoms with Gasteiger partial charge in [-0.3, -0.25) is 0 Å². The summed E-state index contributed by atoms with van der Waals surface area (Å²) in [7, 11) is 0. The SMILES string of the molecule is OCC1OC(O)C=CC1(F)F. The molecule has 1 aliphatic rings. The zero-order valence-electron chi connectivity index (χ0n) is 5.58. The molecule has 0 radical (unpaired) electrons. The molecule has 5 heteroatoms. The quantitative estimate of drug-likeness (QED) is 0.534. The van der Waals surface area contributed by atoms with Gasteiger partial charge in [-0.25, -0.2) is 0 Å². The van der Waals surface area contributed by atoms with Gasteiger partial charge in [0.15, 0.2) is 12.4 Å². The van der Waals surface area contributed by atoms with Gasteiger partial charge >= 0.3 is 0 Å². The van der Waals surface area contributed by atoms with Gasteiger partial charge in [-0.15, -0.1) is 0 Å². The molecular formula is C6H8F2O3. The standard InChI is InChI=1S/C6H8F2O3/c7-6(8)2-1-5(10)11-4(6)3-9/h1-2,4-5,9-10H,3H2. The van der Waals surface area contributed by atoms with Gasteiger partial charge in [-0.2, -0.15) is 8.78 Å². The minimum absolute atomic E-state index is 0.530. The van der Waals surface area contributed by atoms with Crippen molar-refractivity contribution >= 4 is 0 Å². The van der Waals surface area contributed by atoms with Gasteiger partial charge in [-0.1, -0.05) is 0 Å². The third-order valence-electron chi connectivity index (χ3n) is 1.38. The Hall–Kier alpha value is -0.520. The summed E-state index contributed by atoms with van der Waals surface area (Å²) < 4.78 is 29.4. The maximum Gasteiger partial charge on any atom is 0.294 e. The highest BCUT2D eigenvalue weighted by Crippen LogP contribution is 2.27. The largest absolute Gasteiger partial charge is 0.393 e. The summed E-state index contributed by atoms with van der Waals surface area (Å²) in [6, 6.07) is 0. The molecule has 0 spiro atoms. The second-order valence-corrected chi connectivity index (χ2v) is 2.23. The first-order valence-electron chi connectivity index (χ1n) is 3.08. The molecule has 0 aliphatic carbocycles. The molecular weight excluding hydrogens is 158 g/mol. The van der Waals surface area contributed by atoms with Crippen molar-refractivity contribution in [2.45, 2.75) is 18.3 Å². The molecule has 1 aliphatic heterocycles. The van der Waals surface area contributed by atoms with E-state index < -0.39 is 24.9 Å². The zero-order chi connectivity index (χ0) is 8.48. The molecule has 0 aromatic rings. The molecule has 2 N–H and O–H groups in total. The molecule has 1 rings (SSSR count). The van der Waals surface area contributed by atoms with E-state index in [-0.39, 0.29) is 0 Å². The lowest BCUT2D eigenvalue weighted by Gasteiger charge is -2.28. The number of rotatable bonds is 1. The van der Waals surface area contributed by atoms with Crippen LogP contribution in [0, 0.1) is 0 Å². The molecule has 0 saturated carbocycles. The summed E-state index contributed by atoms with van der Waals surface area (Å²) in [6.07, 6.45) is -1.61. The number of aliphatic hydroxyl groups excluding tert-OH is 2. The smallest absolute Gasteiger partial charge is 0.294 e. The van der Waals surface area contributed by atoms with E-state index in [1.54, 1.807) is 0 Å². The molecule has 0 aromatic carbocycles. The molecule has 0 aromatic heterocycles. The fraction of sp³-hybridized carbons (Fsp3) is 0.667. The molecule has 1 heterocycles. The van der Waals surface area contributed by atoms with Gasteiger partial charge < -0.3 is 14.9 Å². The van der Waals surface area contributed by atoms with Crippen LogP contribution in [0.2, 0.25) is 0 Å². The summed E-state index contributed by atoms with van der Waals surface area (Å²) in [5, 5.41) is 17.1. The third kappa shape index (κ3) is 1.74. The number of halogens is 2. The van der Waals surface area contributed by atoms with Crippen molar-refractivity contribution in [2.24, 2.45) is 0 Å². The summed E-state index contributed by atoms with van der Waals surface area (Å²) in [6.45, 7) is -0.811. The molecule has 11 heavy (non-hydrogen) atoms. The third-order valence-corrected chi connectivity index (χ3v) is 1.38. The van der Waals surface area contributed by atoms with Gasteiger partial charge in [0.2, 0.25) is 0 Å². The predicted octanol–water partition coefficient (Wildman–Crippen LogP) is -0.113.